The van der Waals surface area contributed by atoms with Crippen molar-refractivity contribution in [1.82, 2.24) is 4.31 Å². The SMILES string of the molecule is Cc1oc(C)c(S(=O)(=O)N(C)Cc2csc(Br)c2)c1CN. The van der Waals surface area contributed by atoms with Crippen LogP contribution >= 0.6 is 27.3 Å². The molecular formula is C13H17BrN2O3S2. The molecule has 0 aromatic carbocycles. The standard InChI is InChI=1S/C13H17BrN2O3S2/c1-8-11(5-15)13(9(2)19-8)21(17,18)16(3)6-10-4-12(14)20-7-10/h4,7H,5-6,15H2,1-3H3. The van der Waals surface area contributed by atoms with Crippen LogP contribution in [0.15, 0.2) is 24.5 Å². The van der Waals surface area contributed by atoms with Crippen LogP contribution in [-0.4, -0.2) is 19.8 Å². The van der Waals surface area contributed by atoms with E-state index in [2.05, 4.69) is 15.9 Å². The molecule has 0 spiro atoms. The Morgan fingerprint density at radius 2 is 2.05 bits per heavy atom. The Balaban J connectivity index is 2.37. The number of nitrogens with zero attached hydrogens (tertiary/aromatic N) is 1. The highest BCUT2D eigenvalue weighted by Gasteiger charge is 2.30. The Labute approximate surface area is 136 Å². The molecule has 2 aromatic heterocycles. The molecule has 8 heteroatoms. The Hall–Kier alpha value is -0.670. The van der Waals surface area contributed by atoms with E-state index in [4.69, 9.17) is 10.2 Å². The van der Waals surface area contributed by atoms with Gasteiger partial charge in [0.1, 0.15) is 16.4 Å². The van der Waals surface area contributed by atoms with Gasteiger partial charge in [-0.25, -0.2) is 8.42 Å². The Morgan fingerprint density at radius 1 is 1.38 bits per heavy atom. The molecule has 5 nitrogen and oxygen atoms in total. The van der Waals surface area contributed by atoms with Crippen LogP contribution in [0.2, 0.25) is 0 Å². The molecule has 21 heavy (non-hydrogen) atoms. The fourth-order valence-corrected chi connectivity index (χ4v) is 4.98. The largest absolute Gasteiger partial charge is 0.465 e. The summed E-state index contributed by atoms with van der Waals surface area (Å²) in [7, 11) is -2.07. The molecule has 0 atom stereocenters. The van der Waals surface area contributed by atoms with Gasteiger partial charge in [0.2, 0.25) is 10.0 Å². The molecule has 0 unspecified atom stereocenters. The summed E-state index contributed by atoms with van der Waals surface area (Å²) in [5.41, 5.74) is 7.15. The lowest BCUT2D eigenvalue weighted by atomic mass is 10.2. The van der Waals surface area contributed by atoms with Crippen molar-refractivity contribution in [2.75, 3.05) is 7.05 Å². The summed E-state index contributed by atoms with van der Waals surface area (Å²) >= 11 is 4.90. The van der Waals surface area contributed by atoms with Crippen molar-refractivity contribution >= 4 is 37.3 Å². The minimum Gasteiger partial charge on any atom is -0.465 e. The summed E-state index contributed by atoms with van der Waals surface area (Å²) < 4.78 is 33.2. The summed E-state index contributed by atoms with van der Waals surface area (Å²) in [5, 5.41) is 1.92. The maximum atomic E-state index is 12.8. The first-order valence-corrected chi connectivity index (χ1v) is 9.36. The molecule has 2 heterocycles. The van der Waals surface area contributed by atoms with Crippen molar-refractivity contribution in [2.45, 2.75) is 31.8 Å². The molecule has 0 radical (unpaired) electrons. The van der Waals surface area contributed by atoms with Crippen molar-refractivity contribution in [1.29, 1.82) is 0 Å². The maximum absolute atomic E-state index is 12.8. The zero-order valence-corrected chi connectivity index (χ0v) is 15.2. The van der Waals surface area contributed by atoms with Gasteiger partial charge in [-0.05, 0) is 46.8 Å². The topological polar surface area (TPSA) is 76.5 Å². The zero-order chi connectivity index (χ0) is 15.8. The minimum atomic E-state index is -3.63. The molecule has 0 aliphatic heterocycles. The van der Waals surface area contributed by atoms with Crippen molar-refractivity contribution in [2.24, 2.45) is 5.73 Å². The Morgan fingerprint density at radius 3 is 2.57 bits per heavy atom. The van der Waals surface area contributed by atoms with E-state index in [-0.39, 0.29) is 11.4 Å². The maximum Gasteiger partial charge on any atom is 0.246 e. The van der Waals surface area contributed by atoms with Crippen LogP contribution in [0.25, 0.3) is 0 Å². The number of sulfonamides is 1. The minimum absolute atomic E-state index is 0.134. The number of nitrogens with two attached hydrogens (primary N) is 1. The Kier molecular flexibility index (Phi) is 4.94. The summed E-state index contributed by atoms with van der Waals surface area (Å²) in [5.74, 6) is 0.937. The van der Waals surface area contributed by atoms with E-state index >= 15 is 0 Å². The summed E-state index contributed by atoms with van der Waals surface area (Å²) in [6.45, 7) is 3.81. The second-order valence-corrected chi connectivity index (χ2v) is 9.02. The van der Waals surface area contributed by atoms with E-state index in [0.717, 1.165) is 9.35 Å². The van der Waals surface area contributed by atoms with E-state index in [1.807, 2.05) is 11.4 Å². The van der Waals surface area contributed by atoms with Gasteiger partial charge in [0.05, 0.1) is 3.79 Å². The van der Waals surface area contributed by atoms with Gasteiger partial charge in [-0.3, -0.25) is 0 Å². The lowest BCUT2D eigenvalue weighted by Gasteiger charge is -2.17. The van der Waals surface area contributed by atoms with Gasteiger partial charge in [0.25, 0.3) is 0 Å². The number of furan rings is 1. The first-order valence-electron chi connectivity index (χ1n) is 6.25. The van der Waals surface area contributed by atoms with E-state index in [1.54, 1.807) is 20.9 Å². The van der Waals surface area contributed by atoms with E-state index < -0.39 is 10.0 Å². The van der Waals surface area contributed by atoms with Crippen LogP contribution in [0.3, 0.4) is 0 Å². The lowest BCUT2D eigenvalue weighted by Crippen LogP contribution is -2.27. The van der Waals surface area contributed by atoms with Crippen LogP contribution in [0, 0.1) is 13.8 Å². The molecule has 2 N–H and O–H groups in total. The Bertz CT molecular complexity index is 750. The second kappa shape index (κ2) is 6.21. The molecule has 0 bridgehead atoms. The van der Waals surface area contributed by atoms with E-state index in [9.17, 15) is 8.42 Å². The molecule has 2 aromatic rings. The van der Waals surface area contributed by atoms with Crippen LogP contribution in [0.5, 0.6) is 0 Å². The van der Waals surface area contributed by atoms with Crippen LogP contribution in [-0.2, 0) is 23.1 Å². The molecule has 0 saturated heterocycles. The predicted molar refractivity (Wildman–Crippen MR) is 86.7 cm³/mol. The molecule has 116 valence electrons. The number of aryl methyl sites for hydroxylation is 2. The number of thiophene rings is 1. The molecule has 0 aliphatic carbocycles. The highest BCUT2D eigenvalue weighted by atomic mass is 79.9. The third-order valence-electron chi connectivity index (χ3n) is 3.22. The smallest absolute Gasteiger partial charge is 0.246 e. The number of hydrogen-bond acceptors (Lipinski definition) is 5. The summed E-state index contributed by atoms with van der Waals surface area (Å²) in [6.07, 6.45) is 0. The first-order chi connectivity index (χ1) is 9.77. The molecule has 0 aliphatic rings. The predicted octanol–water partition coefficient (Wildman–Crippen LogP) is 3.00. The number of halogens is 1. The van der Waals surface area contributed by atoms with E-state index in [0.29, 0.717) is 23.6 Å². The highest BCUT2D eigenvalue weighted by Crippen LogP contribution is 2.30. The fourth-order valence-electron chi connectivity index (χ4n) is 2.21. The van der Waals surface area contributed by atoms with Gasteiger partial charge in [0, 0.05) is 25.7 Å². The molecule has 0 saturated carbocycles. The lowest BCUT2D eigenvalue weighted by molar-refractivity contribution is 0.459. The average Bonchev–Trinajstić information content (AvgIpc) is 2.92. The van der Waals surface area contributed by atoms with Crippen molar-refractivity contribution in [3.05, 3.63) is 37.9 Å². The summed E-state index contributed by atoms with van der Waals surface area (Å²) in [4.78, 5) is 0.194. The van der Waals surface area contributed by atoms with Crippen LogP contribution in [0.4, 0.5) is 0 Å². The third-order valence-corrected chi connectivity index (χ3v) is 6.78. The van der Waals surface area contributed by atoms with Crippen molar-refractivity contribution in [3.63, 3.8) is 0 Å². The fraction of sp³-hybridized carbons (Fsp3) is 0.385. The molecular weight excluding hydrogens is 376 g/mol. The average molecular weight is 393 g/mol. The van der Waals surface area contributed by atoms with Gasteiger partial charge in [0.15, 0.2) is 0 Å². The summed E-state index contributed by atoms with van der Waals surface area (Å²) in [6, 6.07) is 1.91. The van der Waals surface area contributed by atoms with Gasteiger partial charge in [-0.1, -0.05) is 0 Å². The monoisotopic (exact) mass is 392 g/mol. The van der Waals surface area contributed by atoms with Gasteiger partial charge in [-0.15, -0.1) is 11.3 Å². The van der Waals surface area contributed by atoms with Gasteiger partial charge >= 0.3 is 0 Å². The van der Waals surface area contributed by atoms with Crippen LogP contribution in [0.1, 0.15) is 22.6 Å². The second-order valence-electron chi connectivity index (χ2n) is 4.75. The van der Waals surface area contributed by atoms with Crippen molar-refractivity contribution in [3.8, 4) is 0 Å². The first kappa shape index (κ1) is 16.7. The zero-order valence-electron chi connectivity index (χ0n) is 12.0. The molecule has 0 amide bonds. The number of rotatable bonds is 5. The normalized spacial score (nSPS) is 12.3. The number of hydrogen-bond donors (Lipinski definition) is 1. The van der Waals surface area contributed by atoms with Crippen LogP contribution < -0.4 is 5.73 Å². The molecule has 2 rings (SSSR count). The quantitative estimate of drug-likeness (QED) is 0.847. The van der Waals surface area contributed by atoms with Gasteiger partial charge < -0.3 is 10.2 Å². The van der Waals surface area contributed by atoms with Crippen molar-refractivity contribution < 1.29 is 12.8 Å². The van der Waals surface area contributed by atoms with Gasteiger partial charge in [-0.2, -0.15) is 4.31 Å². The third kappa shape index (κ3) is 3.24. The van der Waals surface area contributed by atoms with E-state index in [1.165, 1.54) is 15.6 Å². The molecule has 0 fully saturated rings. The highest BCUT2D eigenvalue weighted by molar-refractivity contribution is 9.11.